The number of rotatable bonds is 9. The molecule has 7 heteroatoms. The van der Waals surface area contributed by atoms with E-state index < -0.39 is 0 Å². The van der Waals surface area contributed by atoms with E-state index in [9.17, 15) is 0 Å². The summed E-state index contributed by atoms with van der Waals surface area (Å²) in [4.78, 5) is 4.11. The molecular weight excluding hydrogens is 408 g/mol. The molecule has 0 aliphatic carbocycles. The van der Waals surface area contributed by atoms with Gasteiger partial charge in [0, 0.05) is 29.4 Å². The molecule has 0 spiro atoms. The molecule has 0 unspecified atom stereocenters. The Morgan fingerprint density at radius 3 is 2.23 bits per heavy atom. The van der Waals surface area contributed by atoms with E-state index in [4.69, 9.17) is 9.47 Å². The third-order valence-electron chi connectivity index (χ3n) is 4.58. The first kappa shape index (κ1) is 20.9. The van der Waals surface area contributed by atoms with Crippen LogP contribution in [0, 0.1) is 6.92 Å². The van der Waals surface area contributed by atoms with E-state index in [1.807, 2.05) is 67.6 Å². The molecule has 0 fully saturated rings. The topological polar surface area (TPSA) is 62.1 Å². The number of aromatic nitrogens is 4. The van der Waals surface area contributed by atoms with Crippen molar-refractivity contribution in [3.05, 3.63) is 78.6 Å². The van der Waals surface area contributed by atoms with Crippen LogP contribution in [0.3, 0.4) is 0 Å². The van der Waals surface area contributed by atoms with Gasteiger partial charge >= 0.3 is 0 Å². The average molecular weight is 433 g/mol. The van der Waals surface area contributed by atoms with Gasteiger partial charge in [-0.05, 0) is 62.4 Å². The molecule has 0 atom stereocenters. The van der Waals surface area contributed by atoms with Crippen LogP contribution < -0.4 is 9.47 Å². The van der Waals surface area contributed by atoms with Crippen molar-refractivity contribution in [2.75, 3.05) is 19.0 Å². The zero-order valence-corrected chi connectivity index (χ0v) is 18.4. The molecule has 0 radical (unpaired) electrons. The Hall–Kier alpha value is -3.32. The lowest BCUT2D eigenvalue weighted by Gasteiger charge is -2.12. The summed E-state index contributed by atoms with van der Waals surface area (Å²) in [6.45, 7) is 5.25. The Morgan fingerprint density at radius 2 is 1.52 bits per heavy atom. The molecule has 31 heavy (non-hydrogen) atoms. The highest BCUT2D eigenvalue weighted by Crippen LogP contribution is 2.28. The molecule has 4 aromatic rings. The lowest BCUT2D eigenvalue weighted by Crippen LogP contribution is -2.03. The van der Waals surface area contributed by atoms with Gasteiger partial charge in [0.05, 0.1) is 13.2 Å². The van der Waals surface area contributed by atoms with Crippen LogP contribution in [-0.4, -0.2) is 38.7 Å². The first-order valence-corrected chi connectivity index (χ1v) is 11.1. The number of thioether (sulfide) groups is 1. The van der Waals surface area contributed by atoms with Gasteiger partial charge < -0.3 is 9.47 Å². The molecule has 158 valence electrons. The van der Waals surface area contributed by atoms with Crippen LogP contribution in [0.5, 0.6) is 11.5 Å². The molecule has 2 aromatic heterocycles. The van der Waals surface area contributed by atoms with E-state index in [2.05, 4.69) is 26.7 Å². The molecular formula is C24H24N4O2S. The van der Waals surface area contributed by atoms with Crippen LogP contribution in [0.2, 0.25) is 0 Å². The van der Waals surface area contributed by atoms with Crippen molar-refractivity contribution >= 4 is 11.8 Å². The predicted molar refractivity (Wildman–Crippen MR) is 123 cm³/mol. The number of aryl methyl sites for hydroxylation is 1. The van der Waals surface area contributed by atoms with Gasteiger partial charge in [-0.25, -0.2) is 0 Å². The summed E-state index contributed by atoms with van der Waals surface area (Å²) in [5, 5.41) is 9.72. The van der Waals surface area contributed by atoms with E-state index in [1.165, 1.54) is 5.56 Å². The predicted octanol–water partition coefficient (Wildman–Crippen LogP) is 5.21. The van der Waals surface area contributed by atoms with Crippen LogP contribution in [0.4, 0.5) is 0 Å². The van der Waals surface area contributed by atoms with E-state index in [0.717, 1.165) is 39.5 Å². The van der Waals surface area contributed by atoms with Gasteiger partial charge in [0.1, 0.15) is 11.5 Å². The van der Waals surface area contributed by atoms with Crippen LogP contribution >= 0.6 is 11.8 Å². The van der Waals surface area contributed by atoms with Crippen molar-refractivity contribution in [3.63, 3.8) is 0 Å². The van der Waals surface area contributed by atoms with Gasteiger partial charge in [-0.3, -0.25) is 9.55 Å². The second kappa shape index (κ2) is 10.1. The standard InChI is InChI=1S/C24H24N4O2S/c1-3-29-21-10-6-20(7-11-21)28-23(19-12-14-25-15-13-19)26-27-24(28)31-17-16-30-22-8-4-18(2)5-9-22/h4-15H,3,16-17H2,1-2H3. The fraction of sp³-hybridized carbons (Fsp3) is 0.208. The molecule has 0 amide bonds. The minimum atomic E-state index is 0.578. The molecule has 0 saturated heterocycles. The summed E-state index contributed by atoms with van der Waals surface area (Å²) >= 11 is 1.61. The van der Waals surface area contributed by atoms with Crippen molar-refractivity contribution in [2.24, 2.45) is 0 Å². The normalized spacial score (nSPS) is 10.8. The summed E-state index contributed by atoms with van der Waals surface area (Å²) in [6, 6.07) is 19.9. The highest BCUT2D eigenvalue weighted by Gasteiger charge is 2.16. The van der Waals surface area contributed by atoms with Crippen molar-refractivity contribution in [1.29, 1.82) is 0 Å². The summed E-state index contributed by atoms with van der Waals surface area (Å²) in [7, 11) is 0. The van der Waals surface area contributed by atoms with Gasteiger partial charge in [-0.15, -0.1) is 10.2 Å². The van der Waals surface area contributed by atoms with Gasteiger partial charge in [0.15, 0.2) is 11.0 Å². The Morgan fingerprint density at radius 1 is 0.839 bits per heavy atom. The molecule has 0 bridgehead atoms. The minimum Gasteiger partial charge on any atom is -0.494 e. The Bertz CT molecular complexity index is 1100. The number of nitrogens with zero attached hydrogens (tertiary/aromatic N) is 4. The molecule has 0 aliphatic heterocycles. The van der Waals surface area contributed by atoms with Crippen LogP contribution in [-0.2, 0) is 0 Å². The Labute approximate surface area is 186 Å². The third-order valence-corrected chi connectivity index (χ3v) is 5.48. The third kappa shape index (κ3) is 5.24. The smallest absolute Gasteiger partial charge is 0.196 e. The fourth-order valence-electron chi connectivity index (χ4n) is 3.07. The molecule has 0 N–H and O–H groups in total. The number of benzene rings is 2. The van der Waals surface area contributed by atoms with Crippen molar-refractivity contribution in [2.45, 2.75) is 19.0 Å². The first-order chi connectivity index (χ1) is 15.2. The largest absolute Gasteiger partial charge is 0.494 e. The highest BCUT2D eigenvalue weighted by molar-refractivity contribution is 7.99. The summed E-state index contributed by atoms with van der Waals surface area (Å²) < 4.78 is 13.5. The highest BCUT2D eigenvalue weighted by atomic mass is 32.2. The Kier molecular flexibility index (Phi) is 6.84. The molecule has 4 rings (SSSR count). The first-order valence-electron chi connectivity index (χ1n) is 10.2. The lowest BCUT2D eigenvalue weighted by atomic mass is 10.2. The van der Waals surface area contributed by atoms with Crippen LogP contribution in [0.25, 0.3) is 17.1 Å². The van der Waals surface area contributed by atoms with Gasteiger partial charge in [-0.1, -0.05) is 29.5 Å². The van der Waals surface area contributed by atoms with Gasteiger partial charge in [-0.2, -0.15) is 0 Å². The zero-order chi connectivity index (χ0) is 21.5. The summed E-state index contributed by atoms with van der Waals surface area (Å²) in [5.41, 5.74) is 3.15. The van der Waals surface area contributed by atoms with Crippen LogP contribution in [0.1, 0.15) is 12.5 Å². The van der Waals surface area contributed by atoms with Gasteiger partial charge in [0.25, 0.3) is 0 Å². The van der Waals surface area contributed by atoms with Crippen LogP contribution in [0.15, 0.2) is 78.2 Å². The van der Waals surface area contributed by atoms with E-state index in [-0.39, 0.29) is 0 Å². The molecule has 0 aliphatic rings. The quantitative estimate of drug-likeness (QED) is 0.267. The van der Waals surface area contributed by atoms with Crippen molar-refractivity contribution in [3.8, 4) is 28.6 Å². The number of pyridine rings is 1. The number of ether oxygens (including phenoxy) is 2. The maximum absolute atomic E-state index is 5.86. The molecule has 2 heterocycles. The minimum absolute atomic E-state index is 0.578. The monoisotopic (exact) mass is 432 g/mol. The maximum atomic E-state index is 5.86. The van der Waals surface area contributed by atoms with E-state index >= 15 is 0 Å². The van der Waals surface area contributed by atoms with E-state index in [1.54, 1.807) is 24.2 Å². The molecule has 6 nitrogen and oxygen atoms in total. The second-order valence-electron chi connectivity index (χ2n) is 6.81. The molecule has 2 aromatic carbocycles. The summed E-state index contributed by atoms with van der Waals surface area (Å²) in [5.74, 6) is 3.23. The summed E-state index contributed by atoms with van der Waals surface area (Å²) in [6.07, 6.45) is 3.52. The van der Waals surface area contributed by atoms with Gasteiger partial charge in [0.2, 0.25) is 0 Å². The van der Waals surface area contributed by atoms with E-state index in [0.29, 0.717) is 13.2 Å². The number of hydrogen-bond acceptors (Lipinski definition) is 6. The van der Waals surface area contributed by atoms with Crippen molar-refractivity contribution < 1.29 is 9.47 Å². The maximum Gasteiger partial charge on any atom is 0.196 e. The fourth-order valence-corrected chi connectivity index (χ4v) is 3.84. The number of hydrogen-bond donors (Lipinski definition) is 0. The lowest BCUT2D eigenvalue weighted by molar-refractivity contribution is 0.340. The second-order valence-corrected chi connectivity index (χ2v) is 7.88. The zero-order valence-electron chi connectivity index (χ0n) is 17.6. The Balaban J connectivity index is 1.54. The molecule has 0 saturated carbocycles. The average Bonchev–Trinajstić information content (AvgIpc) is 3.23. The SMILES string of the molecule is CCOc1ccc(-n2c(SCCOc3ccc(C)cc3)nnc2-c2ccncc2)cc1. The van der Waals surface area contributed by atoms with Crippen molar-refractivity contribution in [1.82, 2.24) is 19.7 Å².